The quantitative estimate of drug-likeness (QED) is 0.520. The fraction of sp³-hybridized carbons (Fsp3) is 0.105. The number of aromatic nitrogens is 1. The molecule has 0 fully saturated rings. The van der Waals surface area contributed by atoms with Crippen molar-refractivity contribution in [2.45, 2.75) is 13.5 Å². The van der Waals surface area contributed by atoms with E-state index >= 15 is 0 Å². The van der Waals surface area contributed by atoms with Gasteiger partial charge in [0.15, 0.2) is 0 Å². The maximum atomic E-state index is 12.3. The molecule has 0 unspecified atom stereocenters. The van der Waals surface area contributed by atoms with Crippen LogP contribution in [-0.2, 0) is 6.54 Å². The van der Waals surface area contributed by atoms with Gasteiger partial charge >= 0.3 is 0 Å². The number of benzene rings is 2. The van der Waals surface area contributed by atoms with Crippen molar-refractivity contribution in [3.8, 4) is 16.9 Å². The predicted octanol–water partition coefficient (Wildman–Crippen LogP) is 3.88. The summed E-state index contributed by atoms with van der Waals surface area (Å²) in [4.78, 5) is 16.3. The molecule has 2 aromatic carbocycles. The van der Waals surface area contributed by atoms with Crippen molar-refractivity contribution in [3.05, 3.63) is 63.3 Å². The van der Waals surface area contributed by atoms with Gasteiger partial charge in [-0.2, -0.15) is 0 Å². The van der Waals surface area contributed by atoms with Crippen LogP contribution in [0.15, 0.2) is 47.3 Å². The van der Waals surface area contributed by atoms with Crippen LogP contribution in [-0.4, -0.2) is 10.1 Å². The van der Waals surface area contributed by atoms with E-state index in [1.165, 1.54) is 11.3 Å². The number of pyridine rings is 1. The molecule has 120 valence electrons. The lowest BCUT2D eigenvalue weighted by Crippen LogP contribution is -2.04. The van der Waals surface area contributed by atoms with E-state index in [1.807, 2.05) is 37.3 Å². The first-order valence-corrected chi connectivity index (χ1v) is 8.47. The minimum absolute atomic E-state index is 0.0945. The minimum Gasteiger partial charge on any atom is -0.507 e. The highest BCUT2D eigenvalue weighted by Gasteiger charge is 2.16. The summed E-state index contributed by atoms with van der Waals surface area (Å²) >= 11 is 1.47. The largest absolute Gasteiger partial charge is 0.507 e. The number of phenolic OH excluding ortho intramolecular Hbond substituents is 1. The molecule has 0 spiro atoms. The van der Waals surface area contributed by atoms with Crippen LogP contribution in [0.2, 0.25) is 0 Å². The maximum Gasteiger partial charge on any atom is 0.266 e. The van der Waals surface area contributed by atoms with Crippen LogP contribution in [0.5, 0.6) is 5.75 Å². The van der Waals surface area contributed by atoms with Crippen molar-refractivity contribution in [3.63, 3.8) is 0 Å². The van der Waals surface area contributed by atoms with Crippen LogP contribution >= 0.6 is 11.3 Å². The number of aryl methyl sites for hydroxylation is 1. The molecule has 0 radical (unpaired) electrons. The molecule has 4 N–H and O–H groups in total. The summed E-state index contributed by atoms with van der Waals surface area (Å²) < 4.78 is 0.682. The third-order valence-electron chi connectivity index (χ3n) is 4.21. The zero-order valence-corrected chi connectivity index (χ0v) is 13.9. The third kappa shape index (κ3) is 2.21. The van der Waals surface area contributed by atoms with E-state index in [2.05, 4.69) is 4.98 Å². The molecule has 0 aliphatic heterocycles. The molecule has 4 nitrogen and oxygen atoms in total. The van der Waals surface area contributed by atoms with E-state index < -0.39 is 0 Å². The molecule has 0 amide bonds. The Morgan fingerprint density at radius 3 is 2.83 bits per heavy atom. The number of hydrogen-bond donors (Lipinski definition) is 3. The minimum atomic E-state index is -0.0945. The number of aromatic amines is 1. The molecule has 4 aromatic rings. The topological polar surface area (TPSA) is 79.1 Å². The van der Waals surface area contributed by atoms with Gasteiger partial charge in [0.1, 0.15) is 10.4 Å². The Morgan fingerprint density at radius 1 is 1.21 bits per heavy atom. The predicted molar refractivity (Wildman–Crippen MR) is 99.7 cm³/mol. The van der Waals surface area contributed by atoms with E-state index in [9.17, 15) is 9.90 Å². The van der Waals surface area contributed by atoms with E-state index in [1.54, 1.807) is 12.1 Å². The summed E-state index contributed by atoms with van der Waals surface area (Å²) in [6.45, 7) is 2.41. The fourth-order valence-electron chi connectivity index (χ4n) is 3.17. The number of thiophene rings is 1. The van der Waals surface area contributed by atoms with Crippen LogP contribution < -0.4 is 11.3 Å². The summed E-state index contributed by atoms with van der Waals surface area (Å²) in [5, 5.41) is 12.3. The second kappa shape index (κ2) is 5.47. The number of phenols is 1. The molecule has 5 heteroatoms. The number of aromatic hydroxyl groups is 1. The summed E-state index contributed by atoms with van der Waals surface area (Å²) in [5.74, 6) is 0.189. The van der Waals surface area contributed by atoms with Crippen LogP contribution in [0.3, 0.4) is 0 Å². The standard InChI is InChI=1S/C19H16N2O2S/c1-10-7-13-17-14(21-19(23)18(13)24-10)5-6-15(22)16(17)12-4-2-3-11(8-12)9-20/h2-8,22H,9,20H2,1H3,(H,21,23). The summed E-state index contributed by atoms with van der Waals surface area (Å²) in [7, 11) is 0. The number of rotatable bonds is 2. The summed E-state index contributed by atoms with van der Waals surface area (Å²) in [6, 6.07) is 13.2. The van der Waals surface area contributed by atoms with Gasteiger partial charge in [-0.25, -0.2) is 0 Å². The van der Waals surface area contributed by atoms with Crippen LogP contribution in [0.1, 0.15) is 10.4 Å². The molecule has 24 heavy (non-hydrogen) atoms. The van der Waals surface area contributed by atoms with Crippen molar-refractivity contribution in [1.82, 2.24) is 4.98 Å². The Kier molecular flexibility index (Phi) is 3.40. The van der Waals surface area contributed by atoms with E-state index in [-0.39, 0.29) is 11.3 Å². The number of H-pyrrole nitrogens is 1. The number of nitrogens with one attached hydrogen (secondary N) is 1. The Morgan fingerprint density at radius 2 is 2.04 bits per heavy atom. The Hall–Kier alpha value is -2.63. The van der Waals surface area contributed by atoms with Gasteiger partial charge in [-0.15, -0.1) is 11.3 Å². The SMILES string of the molecule is Cc1cc2c(s1)c(=O)[nH]c1ccc(O)c(-c3cccc(CN)c3)c12. The van der Waals surface area contributed by atoms with Crippen molar-refractivity contribution in [1.29, 1.82) is 0 Å². The molecule has 0 saturated carbocycles. The highest BCUT2D eigenvalue weighted by molar-refractivity contribution is 7.19. The van der Waals surface area contributed by atoms with E-state index in [4.69, 9.17) is 5.73 Å². The molecule has 2 aromatic heterocycles. The molecule has 0 aliphatic rings. The molecule has 0 saturated heterocycles. The fourth-order valence-corrected chi connectivity index (χ4v) is 4.08. The van der Waals surface area contributed by atoms with Gasteiger partial charge in [0.05, 0.1) is 0 Å². The van der Waals surface area contributed by atoms with E-state index in [0.29, 0.717) is 11.2 Å². The van der Waals surface area contributed by atoms with Gasteiger partial charge in [0, 0.05) is 33.3 Å². The van der Waals surface area contributed by atoms with Gasteiger partial charge in [-0.3, -0.25) is 4.79 Å². The van der Waals surface area contributed by atoms with E-state index in [0.717, 1.165) is 37.9 Å². The highest BCUT2D eigenvalue weighted by Crippen LogP contribution is 2.40. The second-order valence-electron chi connectivity index (χ2n) is 5.84. The first-order chi connectivity index (χ1) is 11.6. The van der Waals surface area contributed by atoms with Crippen LogP contribution in [0, 0.1) is 6.92 Å². The third-order valence-corrected chi connectivity index (χ3v) is 5.26. The molecule has 0 bridgehead atoms. The van der Waals surface area contributed by atoms with Gasteiger partial charge in [0.2, 0.25) is 0 Å². The molecule has 4 rings (SSSR count). The summed E-state index contributed by atoms with van der Waals surface area (Å²) in [6.07, 6.45) is 0. The molecule has 0 atom stereocenters. The Balaban J connectivity index is 2.20. The Bertz CT molecular complexity index is 1140. The lowest BCUT2D eigenvalue weighted by molar-refractivity contribution is 0.478. The first kappa shape index (κ1) is 14.9. The Labute approximate surface area is 142 Å². The van der Waals surface area contributed by atoms with Gasteiger partial charge < -0.3 is 15.8 Å². The number of nitrogens with two attached hydrogens (primary N) is 1. The van der Waals surface area contributed by atoms with Crippen LogP contribution in [0.25, 0.3) is 32.1 Å². The van der Waals surface area contributed by atoms with Crippen molar-refractivity contribution < 1.29 is 5.11 Å². The van der Waals surface area contributed by atoms with Crippen molar-refractivity contribution in [2.75, 3.05) is 0 Å². The zero-order chi connectivity index (χ0) is 16.8. The normalized spacial score (nSPS) is 11.4. The average molecular weight is 336 g/mol. The molecular formula is C19H16N2O2S. The second-order valence-corrected chi connectivity index (χ2v) is 7.10. The number of hydrogen-bond acceptors (Lipinski definition) is 4. The molecular weight excluding hydrogens is 320 g/mol. The lowest BCUT2D eigenvalue weighted by atomic mass is 9.96. The lowest BCUT2D eigenvalue weighted by Gasteiger charge is -2.11. The van der Waals surface area contributed by atoms with Crippen molar-refractivity contribution >= 4 is 32.3 Å². The summed E-state index contributed by atoms with van der Waals surface area (Å²) in [5.41, 5.74) is 8.98. The van der Waals surface area contributed by atoms with Gasteiger partial charge in [0.25, 0.3) is 5.56 Å². The molecule has 0 aliphatic carbocycles. The zero-order valence-electron chi connectivity index (χ0n) is 13.1. The molecule has 2 heterocycles. The smallest absolute Gasteiger partial charge is 0.266 e. The average Bonchev–Trinajstić information content (AvgIpc) is 2.98. The van der Waals surface area contributed by atoms with Crippen molar-refractivity contribution in [2.24, 2.45) is 5.73 Å². The first-order valence-electron chi connectivity index (χ1n) is 7.66. The highest BCUT2D eigenvalue weighted by atomic mass is 32.1. The monoisotopic (exact) mass is 336 g/mol. The van der Waals surface area contributed by atoms with Gasteiger partial charge in [-0.05, 0) is 42.3 Å². The van der Waals surface area contributed by atoms with Crippen LogP contribution in [0.4, 0.5) is 0 Å². The maximum absolute atomic E-state index is 12.3. The number of fused-ring (bicyclic) bond motifs is 3. The van der Waals surface area contributed by atoms with Gasteiger partial charge in [-0.1, -0.05) is 18.2 Å².